The number of alkyl halides is 3. The molecule has 1 atom stereocenters. The fourth-order valence-electron chi connectivity index (χ4n) is 1.27. The molecule has 0 bridgehead atoms. The van der Waals surface area contributed by atoms with Crippen LogP contribution in [0.5, 0.6) is 0 Å². The van der Waals surface area contributed by atoms with Gasteiger partial charge in [0.2, 0.25) is 0 Å². The van der Waals surface area contributed by atoms with Crippen molar-refractivity contribution in [3.63, 3.8) is 0 Å². The Kier molecular flexibility index (Phi) is 3.96. The maximum absolute atomic E-state index is 12.2. The molecule has 0 saturated carbocycles. The molecular formula is C10H8BrF3O2. The van der Waals surface area contributed by atoms with Crippen LogP contribution >= 0.6 is 15.9 Å². The summed E-state index contributed by atoms with van der Waals surface area (Å²) >= 11 is 3.12. The highest BCUT2D eigenvalue weighted by atomic mass is 79.9. The van der Waals surface area contributed by atoms with Gasteiger partial charge in [-0.2, -0.15) is 13.2 Å². The molecule has 0 amide bonds. The average molecular weight is 297 g/mol. The summed E-state index contributed by atoms with van der Waals surface area (Å²) in [5.74, 6) is -3.02. The Labute approximate surface area is 98.2 Å². The summed E-state index contributed by atoms with van der Waals surface area (Å²) in [6, 6.07) is 5.77. The molecule has 0 aliphatic heterocycles. The zero-order chi connectivity index (χ0) is 12.3. The van der Waals surface area contributed by atoms with Crippen LogP contribution in [0.2, 0.25) is 0 Å². The van der Waals surface area contributed by atoms with Crippen LogP contribution in [0.25, 0.3) is 0 Å². The third kappa shape index (κ3) is 3.84. The van der Waals surface area contributed by atoms with Crippen LogP contribution in [0.4, 0.5) is 13.2 Å². The second-order valence-electron chi connectivity index (χ2n) is 3.26. The lowest BCUT2D eigenvalue weighted by Crippen LogP contribution is -2.20. The minimum Gasteiger partial charge on any atom is -0.481 e. The first-order valence-electron chi connectivity index (χ1n) is 4.34. The highest BCUT2D eigenvalue weighted by molar-refractivity contribution is 9.10. The van der Waals surface area contributed by atoms with Crippen LogP contribution in [0.3, 0.4) is 0 Å². The van der Waals surface area contributed by atoms with E-state index < -0.39 is 24.5 Å². The van der Waals surface area contributed by atoms with E-state index in [1.54, 1.807) is 0 Å². The van der Waals surface area contributed by atoms with E-state index in [0.29, 0.717) is 4.47 Å². The van der Waals surface area contributed by atoms with Crippen molar-refractivity contribution < 1.29 is 23.1 Å². The molecule has 1 aromatic carbocycles. The lowest BCUT2D eigenvalue weighted by Gasteiger charge is -2.14. The number of benzene rings is 1. The van der Waals surface area contributed by atoms with Crippen LogP contribution in [0, 0.1) is 0 Å². The van der Waals surface area contributed by atoms with E-state index in [2.05, 4.69) is 15.9 Å². The lowest BCUT2D eigenvalue weighted by atomic mass is 9.96. The van der Waals surface area contributed by atoms with Crippen LogP contribution in [-0.2, 0) is 4.79 Å². The number of hydrogen-bond donors (Lipinski definition) is 1. The first kappa shape index (κ1) is 13.0. The summed E-state index contributed by atoms with van der Waals surface area (Å²) < 4.78 is 37.2. The van der Waals surface area contributed by atoms with Gasteiger partial charge in [0.15, 0.2) is 0 Å². The number of halogens is 4. The van der Waals surface area contributed by atoms with Crippen molar-refractivity contribution in [3.8, 4) is 0 Å². The third-order valence-electron chi connectivity index (χ3n) is 2.01. The molecule has 1 rings (SSSR count). The summed E-state index contributed by atoms with van der Waals surface area (Å²) in [4.78, 5) is 10.8. The molecular weight excluding hydrogens is 289 g/mol. The van der Waals surface area contributed by atoms with E-state index in [9.17, 15) is 18.0 Å². The number of carboxylic acid groups (broad SMARTS) is 1. The SMILES string of the molecule is O=C(O)[C@H](CC(F)(F)F)c1ccc(Br)cc1. The van der Waals surface area contributed by atoms with Crippen molar-refractivity contribution in [3.05, 3.63) is 34.3 Å². The Morgan fingerprint density at radius 2 is 1.81 bits per heavy atom. The van der Waals surface area contributed by atoms with E-state index in [1.165, 1.54) is 24.3 Å². The molecule has 0 aliphatic rings. The van der Waals surface area contributed by atoms with Gasteiger partial charge in [-0.15, -0.1) is 0 Å². The predicted octanol–water partition coefficient (Wildman–Crippen LogP) is 3.57. The molecule has 0 spiro atoms. The minimum atomic E-state index is -4.49. The minimum absolute atomic E-state index is 0.146. The van der Waals surface area contributed by atoms with E-state index in [1.807, 2.05) is 0 Å². The summed E-state index contributed by atoms with van der Waals surface area (Å²) in [7, 11) is 0. The van der Waals surface area contributed by atoms with Crippen molar-refractivity contribution in [2.75, 3.05) is 0 Å². The topological polar surface area (TPSA) is 37.3 Å². The normalized spacial score (nSPS) is 13.5. The molecule has 0 heterocycles. The molecule has 2 nitrogen and oxygen atoms in total. The van der Waals surface area contributed by atoms with Crippen LogP contribution in [-0.4, -0.2) is 17.3 Å². The van der Waals surface area contributed by atoms with Gasteiger partial charge in [-0.1, -0.05) is 28.1 Å². The first-order valence-corrected chi connectivity index (χ1v) is 5.14. The summed E-state index contributed by atoms with van der Waals surface area (Å²) in [6.45, 7) is 0. The van der Waals surface area contributed by atoms with Gasteiger partial charge in [0.25, 0.3) is 0 Å². The van der Waals surface area contributed by atoms with Gasteiger partial charge in [0, 0.05) is 4.47 Å². The Bertz CT molecular complexity index is 373. The van der Waals surface area contributed by atoms with Crippen molar-refractivity contribution in [2.45, 2.75) is 18.5 Å². The van der Waals surface area contributed by atoms with Gasteiger partial charge in [-0.25, -0.2) is 0 Å². The summed E-state index contributed by atoms with van der Waals surface area (Å²) in [6.07, 6.45) is -5.85. The first-order chi connectivity index (χ1) is 7.29. The van der Waals surface area contributed by atoms with Gasteiger partial charge < -0.3 is 5.11 Å². The number of rotatable bonds is 3. The molecule has 0 saturated heterocycles. The fraction of sp³-hybridized carbons (Fsp3) is 0.300. The quantitative estimate of drug-likeness (QED) is 0.926. The number of hydrogen-bond acceptors (Lipinski definition) is 1. The predicted molar refractivity (Wildman–Crippen MR) is 55.2 cm³/mol. The summed E-state index contributed by atoms with van der Waals surface area (Å²) in [5.41, 5.74) is 0.146. The second-order valence-corrected chi connectivity index (χ2v) is 4.18. The van der Waals surface area contributed by atoms with E-state index >= 15 is 0 Å². The molecule has 16 heavy (non-hydrogen) atoms. The van der Waals surface area contributed by atoms with Crippen molar-refractivity contribution in [1.29, 1.82) is 0 Å². The monoisotopic (exact) mass is 296 g/mol. The van der Waals surface area contributed by atoms with Crippen molar-refractivity contribution in [2.24, 2.45) is 0 Å². The number of aliphatic carboxylic acids is 1. The smallest absolute Gasteiger partial charge is 0.390 e. The average Bonchev–Trinajstić information content (AvgIpc) is 2.14. The fourth-order valence-corrected chi connectivity index (χ4v) is 1.54. The largest absolute Gasteiger partial charge is 0.481 e. The van der Waals surface area contributed by atoms with Gasteiger partial charge in [0.1, 0.15) is 0 Å². The van der Waals surface area contributed by atoms with E-state index in [4.69, 9.17) is 5.11 Å². The van der Waals surface area contributed by atoms with Gasteiger partial charge in [-0.3, -0.25) is 4.79 Å². The van der Waals surface area contributed by atoms with E-state index in [-0.39, 0.29) is 5.56 Å². The molecule has 0 aliphatic carbocycles. The van der Waals surface area contributed by atoms with E-state index in [0.717, 1.165) is 0 Å². The summed E-state index contributed by atoms with van der Waals surface area (Å²) in [5, 5.41) is 8.75. The molecule has 0 unspecified atom stereocenters. The molecule has 0 fully saturated rings. The molecule has 1 aromatic rings. The number of carboxylic acids is 1. The highest BCUT2D eigenvalue weighted by Gasteiger charge is 2.36. The maximum Gasteiger partial charge on any atom is 0.390 e. The Balaban J connectivity index is 2.94. The highest BCUT2D eigenvalue weighted by Crippen LogP contribution is 2.31. The molecule has 1 N–H and O–H groups in total. The van der Waals surface area contributed by atoms with Crippen LogP contribution in [0.1, 0.15) is 17.9 Å². The molecule has 88 valence electrons. The maximum atomic E-state index is 12.2. The van der Waals surface area contributed by atoms with Gasteiger partial charge in [-0.05, 0) is 17.7 Å². The van der Waals surface area contributed by atoms with Gasteiger partial charge >= 0.3 is 12.1 Å². The van der Waals surface area contributed by atoms with Gasteiger partial charge in [0.05, 0.1) is 12.3 Å². The van der Waals surface area contributed by atoms with Crippen molar-refractivity contribution in [1.82, 2.24) is 0 Å². The van der Waals surface area contributed by atoms with Crippen LogP contribution in [0.15, 0.2) is 28.7 Å². The number of carbonyl (C=O) groups is 1. The lowest BCUT2D eigenvalue weighted by molar-refractivity contribution is -0.157. The standard InChI is InChI=1S/C10H8BrF3O2/c11-7-3-1-6(2-4-7)8(9(15)16)5-10(12,13)14/h1-4,8H,5H2,(H,15,16)/t8-/m1/s1. The molecule has 0 radical (unpaired) electrons. The Morgan fingerprint density at radius 1 is 1.31 bits per heavy atom. The zero-order valence-corrected chi connectivity index (χ0v) is 9.55. The Morgan fingerprint density at radius 3 is 2.19 bits per heavy atom. The van der Waals surface area contributed by atoms with Crippen LogP contribution < -0.4 is 0 Å². The third-order valence-corrected chi connectivity index (χ3v) is 2.53. The molecule has 6 heteroatoms. The second kappa shape index (κ2) is 4.86. The Hall–Kier alpha value is -1.04. The zero-order valence-electron chi connectivity index (χ0n) is 7.96. The van der Waals surface area contributed by atoms with Crippen molar-refractivity contribution >= 4 is 21.9 Å². The molecule has 0 aromatic heterocycles.